The Bertz CT molecular complexity index is 874. The van der Waals surface area contributed by atoms with E-state index in [1.54, 1.807) is 25.3 Å². The predicted octanol–water partition coefficient (Wildman–Crippen LogP) is 4.42. The number of benzene rings is 2. The number of ether oxygens (including phenoxy) is 2. The van der Waals surface area contributed by atoms with Gasteiger partial charge in [-0.05, 0) is 48.5 Å². The molecular formula is C20H18ClNO4. The molecule has 1 aromatic heterocycles. The summed E-state index contributed by atoms with van der Waals surface area (Å²) in [5, 5.41) is 3.33. The lowest BCUT2D eigenvalue weighted by atomic mass is 10.2. The Labute approximate surface area is 156 Å². The Hall–Kier alpha value is -2.92. The number of rotatable bonds is 7. The van der Waals surface area contributed by atoms with Crippen molar-refractivity contribution in [2.24, 2.45) is 0 Å². The van der Waals surface area contributed by atoms with Crippen LogP contribution in [0.3, 0.4) is 0 Å². The Balaban J connectivity index is 1.50. The molecule has 3 rings (SSSR count). The molecule has 0 spiro atoms. The fourth-order valence-corrected chi connectivity index (χ4v) is 2.59. The van der Waals surface area contributed by atoms with Gasteiger partial charge in [-0.3, -0.25) is 4.79 Å². The molecule has 0 saturated carbocycles. The van der Waals surface area contributed by atoms with E-state index >= 15 is 0 Å². The molecule has 26 heavy (non-hydrogen) atoms. The monoisotopic (exact) mass is 371 g/mol. The summed E-state index contributed by atoms with van der Waals surface area (Å²) in [5.41, 5.74) is 0.746. The predicted molar refractivity (Wildman–Crippen MR) is 100.0 cm³/mol. The highest BCUT2D eigenvalue weighted by atomic mass is 35.5. The second-order valence-electron chi connectivity index (χ2n) is 5.42. The Morgan fingerprint density at radius 2 is 1.77 bits per heavy atom. The quantitative estimate of drug-likeness (QED) is 0.624. The van der Waals surface area contributed by atoms with Gasteiger partial charge in [-0.25, -0.2) is 0 Å². The van der Waals surface area contributed by atoms with E-state index in [0.717, 1.165) is 11.3 Å². The Kier molecular flexibility index (Phi) is 5.81. The van der Waals surface area contributed by atoms with Crippen LogP contribution in [0.4, 0.5) is 0 Å². The largest absolute Gasteiger partial charge is 0.497 e. The molecule has 2 aromatic carbocycles. The van der Waals surface area contributed by atoms with Gasteiger partial charge in [0.25, 0.3) is 5.91 Å². The van der Waals surface area contributed by atoms with Crippen molar-refractivity contribution in [1.29, 1.82) is 0 Å². The van der Waals surface area contributed by atoms with Crippen molar-refractivity contribution in [2.75, 3.05) is 20.3 Å². The van der Waals surface area contributed by atoms with E-state index < -0.39 is 0 Å². The minimum absolute atomic E-state index is 0.226. The van der Waals surface area contributed by atoms with Crippen LogP contribution in [0.1, 0.15) is 10.6 Å². The lowest BCUT2D eigenvalue weighted by molar-refractivity contribution is 0.0920. The number of furan rings is 1. The van der Waals surface area contributed by atoms with E-state index in [1.807, 2.05) is 42.5 Å². The van der Waals surface area contributed by atoms with Crippen molar-refractivity contribution in [2.45, 2.75) is 0 Å². The zero-order chi connectivity index (χ0) is 18.4. The number of carbonyl (C=O) groups excluding carboxylic acids is 1. The van der Waals surface area contributed by atoms with Gasteiger partial charge in [0.15, 0.2) is 5.76 Å². The highest BCUT2D eigenvalue weighted by Gasteiger charge is 2.13. The molecule has 0 radical (unpaired) electrons. The zero-order valence-corrected chi connectivity index (χ0v) is 15.0. The SMILES string of the molecule is COc1ccc(OCCNC(=O)c2ccc(-c3ccccc3Cl)o2)cc1. The fraction of sp³-hybridized carbons (Fsp3) is 0.150. The van der Waals surface area contributed by atoms with Crippen LogP contribution in [0.15, 0.2) is 65.1 Å². The molecule has 0 atom stereocenters. The van der Waals surface area contributed by atoms with Gasteiger partial charge in [0.2, 0.25) is 0 Å². The summed E-state index contributed by atoms with van der Waals surface area (Å²) < 4.78 is 16.3. The van der Waals surface area contributed by atoms with Crippen LogP contribution in [-0.2, 0) is 0 Å². The van der Waals surface area contributed by atoms with Gasteiger partial charge in [-0.1, -0.05) is 23.7 Å². The molecule has 0 unspecified atom stereocenters. The molecule has 1 N–H and O–H groups in total. The molecule has 0 aliphatic heterocycles. The fourth-order valence-electron chi connectivity index (χ4n) is 2.36. The maximum Gasteiger partial charge on any atom is 0.287 e. The molecule has 1 amide bonds. The van der Waals surface area contributed by atoms with Gasteiger partial charge in [0.1, 0.15) is 23.9 Å². The minimum atomic E-state index is -0.304. The number of hydrogen-bond acceptors (Lipinski definition) is 4. The number of amides is 1. The average molecular weight is 372 g/mol. The summed E-state index contributed by atoms with van der Waals surface area (Å²) >= 11 is 6.14. The van der Waals surface area contributed by atoms with E-state index in [9.17, 15) is 4.79 Å². The average Bonchev–Trinajstić information content (AvgIpc) is 3.16. The van der Waals surface area contributed by atoms with Crippen LogP contribution in [0.2, 0.25) is 5.02 Å². The first-order valence-electron chi connectivity index (χ1n) is 8.07. The van der Waals surface area contributed by atoms with Crippen molar-refractivity contribution in [1.82, 2.24) is 5.32 Å². The normalized spacial score (nSPS) is 10.4. The third-order valence-electron chi connectivity index (χ3n) is 3.68. The number of carbonyl (C=O) groups is 1. The van der Waals surface area contributed by atoms with Crippen LogP contribution >= 0.6 is 11.6 Å². The summed E-state index contributed by atoms with van der Waals surface area (Å²) in [4.78, 5) is 12.2. The van der Waals surface area contributed by atoms with Crippen LogP contribution in [0.5, 0.6) is 11.5 Å². The highest BCUT2D eigenvalue weighted by molar-refractivity contribution is 6.33. The molecule has 6 heteroatoms. The molecule has 3 aromatic rings. The van der Waals surface area contributed by atoms with Gasteiger partial charge in [0, 0.05) is 5.56 Å². The highest BCUT2D eigenvalue weighted by Crippen LogP contribution is 2.28. The van der Waals surface area contributed by atoms with Crippen molar-refractivity contribution < 1.29 is 18.7 Å². The van der Waals surface area contributed by atoms with Crippen molar-refractivity contribution in [3.05, 3.63) is 71.4 Å². The topological polar surface area (TPSA) is 60.7 Å². The van der Waals surface area contributed by atoms with Gasteiger partial charge >= 0.3 is 0 Å². The van der Waals surface area contributed by atoms with Crippen LogP contribution in [-0.4, -0.2) is 26.2 Å². The molecular weight excluding hydrogens is 354 g/mol. The first-order valence-corrected chi connectivity index (χ1v) is 8.45. The number of methoxy groups -OCH3 is 1. The van der Waals surface area contributed by atoms with Crippen LogP contribution in [0.25, 0.3) is 11.3 Å². The number of nitrogens with one attached hydrogen (secondary N) is 1. The summed E-state index contributed by atoms with van der Waals surface area (Å²) in [6.07, 6.45) is 0. The molecule has 134 valence electrons. The lowest BCUT2D eigenvalue weighted by Gasteiger charge is -2.07. The second kappa shape index (κ2) is 8.45. The standard InChI is InChI=1S/C20H18ClNO4/c1-24-14-6-8-15(9-7-14)25-13-12-22-20(23)19-11-10-18(26-19)16-4-2-3-5-17(16)21/h2-11H,12-13H2,1H3,(H,22,23). The van der Waals surface area contributed by atoms with E-state index in [1.165, 1.54) is 0 Å². The number of halogens is 1. The summed E-state index contributed by atoms with van der Waals surface area (Å²) in [6.45, 7) is 0.698. The summed E-state index contributed by atoms with van der Waals surface area (Å²) in [6, 6.07) is 17.9. The molecule has 0 saturated heterocycles. The third-order valence-corrected chi connectivity index (χ3v) is 4.01. The minimum Gasteiger partial charge on any atom is -0.497 e. The zero-order valence-electron chi connectivity index (χ0n) is 14.2. The third kappa shape index (κ3) is 4.37. The van der Waals surface area contributed by atoms with E-state index in [4.69, 9.17) is 25.5 Å². The van der Waals surface area contributed by atoms with Gasteiger partial charge < -0.3 is 19.2 Å². The van der Waals surface area contributed by atoms with E-state index in [-0.39, 0.29) is 11.7 Å². The molecule has 0 bridgehead atoms. The maximum atomic E-state index is 12.2. The Morgan fingerprint density at radius 3 is 2.50 bits per heavy atom. The van der Waals surface area contributed by atoms with Crippen molar-refractivity contribution >= 4 is 17.5 Å². The first-order chi connectivity index (χ1) is 12.7. The smallest absolute Gasteiger partial charge is 0.287 e. The van der Waals surface area contributed by atoms with Gasteiger partial charge in [0.05, 0.1) is 18.7 Å². The summed E-state index contributed by atoms with van der Waals surface area (Å²) in [5.74, 6) is 1.94. The molecule has 5 nitrogen and oxygen atoms in total. The lowest BCUT2D eigenvalue weighted by Crippen LogP contribution is -2.27. The van der Waals surface area contributed by atoms with Crippen molar-refractivity contribution in [3.63, 3.8) is 0 Å². The van der Waals surface area contributed by atoms with Crippen LogP contribution < -0.4 is 14.8 Å². The van der Waals surface area contributed by atoms with E-state index in [2.05, 4.69) is 5.32 Å². The molecule has 0 aliphatic rings. The van der Waals surface area contributed by atoms with E-state index in [0.29, 0.717) is 29.7 Å². The van der Waals surface area contributed by atoms with Gasteiger partial charge in [-0.2, -0.15) is 0 Å². The molecule has 0 fully saturated rings. The van der Waals surface area contributed by atoms with Crippen LogP contribution in [0, 0.1) is 0 Å². The van der Waals surface area contributed by atoms with Crippen molar-refractivity contribution in [3.8, 4) is 22.8 Å². The molecule has 0 aliphatic carbocycles. The second-order valence-corrected chi connectivity index (χ2v) is 5.83. The molecule has 1 heterocycles. The maximum absolute atomic E-state index is 12.2. The first kappa shape index (κ1) is 17.9. The Morgan fingerprint density at radius 1 is 1.04 bits per heavy atom. The number of hydrogen-bond donors (Lipinski definition) is 1. The summed E-state index contributed by atoms with van der Waals surface area (Å²) in [7, 11) is 1.61. The van der Waals surface area contributed by atoms with Gasteiger partial charge in [-0.15, -0.1) is 0 Å².